The lowest BCUT2D eigenvalue weighted by Crippen LogP contribution is -2.45. The van der Waals surface area contributed by atoms with Crippen LogP contribution in [0.15, 0.2) is 36.5 Å². The molecule has 3 N–H and O–H groups in total. The molecule has 0 fully saturated rings. The van der Waals surface area contributed by atoms with Crippen LogP contribution in [-0.4, -0.2) is 47.4 Å². The molecule has 0 heterocycles. The Morgan fingerprint density at radius 1 is 0.354 bits per heavy atom. The minimum absolute atomic E-state index is 0.00388. The molecule has 0 saturated heterocycles. The van der Waals surface area contributed by atoms with Gasteiger partial charge in [0.1, 0.15) is 0 Å². The Morgan fingerprint density at radius 3 is 0.975 bits per heavy atom. The topological polar surface area (TPSA) is 95.9 Å². The van der Waals surface area contributed by atoms with Crippen LogP contribution in [0.5, 0.6) is 0 Å². The van der Waals surface area contributed by atoms with Crippen LogP contribution in [0.4, 0.5) is 0 Å². The number of hydrogen-bond donors (Lipinski definition) is 3. The molecule has 466 valence electrons. The third kappa shape index (κ3) is 65.1. The van der Waals surface area contributed by atoms with Gasteiger partial charge in [-0.15, -0.1) is 0 Å². The van der Waals surface area contributed by atoms with Crippen LogP contribution in [0.3, 0.4) is 0 Å². The fourth-order valence-corrected chi connectivity index (χ4v) is 11.2. The first-order valence-electron chi connectivity index (χ1n) is 35.8. The summed E-state index contributed by atoms with van der Waals surface area (Å²) < 4.78 is 5.49. The fourth-order valence-electron chi connectivity index (χ4n) is 11.2. The molecular formula is C73H139NO5. The van der Waals surface area contributed by atoms with E-state index in [1.807, 2.05) is 6.08 Å². The molecule has 6 nitrogen and oxygen atoms in total. The average molecular weight is 1110 g/mol. The number of carbonyl (C=O) groups excluding carboxylic acids is 2. The van der Waals surface area contributed by atoms with E-state index in [4.69, 9.17) is 4.74 Å². The number of amides is 1. The minimum Gasteiger partial charge on any atom is -0.466 e. The van der Waals surface area contributed by atoms with E-state index in [0.717, 1.165) is 51.4 Å². The van der Waals surface area contributed by atoms with Crippen molar-refractivity contribution in [2.45, 2.75) is 405 Å². The summed E-state index contributed by atoms with van der Waals surface area (Å²) in [7, 11) is 0. The minimum atomic E-state index is -0.844. The highest BCUT2D eigenvalue weighted by Crippen LogP contribution is 2.19. The van der Waals surface area contributed by atoms with E-state index in [1.54, 1.807) is 6.08 Å². The summed E-state index contributed by atoms with van der Waals surface area (Å²) in [5.41, 5.74) is 0. The van der Waals surface area contributed by atoms with Crippen molar-refractivity contribution >= 4 is 11.9 Å². The Labute approximate surface area is 494 Å². The van der Waals surface area contributed by atoms with Crippen LogP contribution < -0.4 is 5.32 Å². The van der Waals surface area contributed by atoms with Crippen molar-refractivity contribution in [1.29, 1.82) is 0 Å². The monoisotopic (exact) mass is 1110 g/mol. The molecular weight excluding hydrogens is 971 g/mol. The number of nitrogens with one attached hydrogen (secondary N) is 1. The Kier molecular flexibility index (Phi) is 66.9. The number of aliphatic hydroxyl groups excluding tert-OH is 2. The van der Waals surface area contributed by atoms with Gasteiger partial charge in [-0.2, -0.15) is 0 Å². The van der Waals surface area contributed by atoms with Gasteiger partial charge < -0.3 is 20.3 Å². The van der Waals surface area contributed by atoms with Crippen LogP contribution in [0, 0.1) is 0 Å². The molecule has 0 aliphatic heterocycles. The number of rotatable bonds is 67. The van der Waals surface area contributed by atoms with Gasteiger partial charge in [-0.25, -0.2) is 0 Å². The number of allylic oxidation sites excluding steroid dienone is 5. The maximum atomic E-state index is 12.5. The first kappa shape index (κ1) is 77.1. The molecule has 79 heavy (non-hydrogen) atoms. The largest absolute Gasteiger partial charge is 0.466 e. The SMILES string of the molecule is CCCCCC/C=C\C/C=C\CCCCCCCC(=O)OCCCCCCCCCCCCCCCCCCCCCCCCCCCCC(=O)NC(CO)C(O)/C=C/CCCCCCCCCCCCCCCCCCCC. The van der Waals surface area contributed by atoms with Gasteiger partial charge in [-0.3, -0.25) is 9.59 Å². The molecule has 0 aromatic carbocycles. The zero-order valence-corrected chi connectivity index (χ0v) is 53.4. The predicted molar refractivity (Wildman–Crippen MR) is 347 cm³/mol. The third-order valence-corrected chi connectivity index (χ3v) is 16.7. The van der Waals surface area contributed by atoms with Gasteiger partial charge in [0, 0.05) is 12.8 Å². The smallest absolute Gasteiger partial charge is 0.305 e. The number of aliphatic hydroxyl groups is 2. The number of esters is 1. The van der Waals surface area contributed by atoms with E-state index in [-0.39, 0.29) is 18.5 Å². The number of unbranched alkanes of at least 4 members (excludes halogenated alkanes) is 52. The molecule has 0 aromatic heterocycles. The molecule has 2 unspecified atom stereocenters. The quantitative estimate of drug-likeness (QED) is 0.0320. The maximum Gasteiger partial charge on any atom is 0.305 e. The summed E-state index contributed by atoms with van der Waals surface area (Å²) in [6, 6.07) is -0.627. The van der Waals surface area contributed by atoms with Crippen LogP contribution in [-0.2, 0) is 14.3 Å². The Morgan fingerprint density at radius 2 is 0.633 bits per heavy atom. The van der Waals surface area contributed by atoms with Crippen molar-refractivity contribution in [3.05, 3.63) is 36.5 Å². The summed E-state index contributed by atoms with van der Waals surface area (Å²) in [5.74, 6) is -0.0584. The van der Waals surface area contributed by atoms with Gasteiger partial charge in [0.25, 0.3) is 0 Å². The summed E-state index contributed by atoms with van der Waals surface area (Å²) in [4.78, 5) is 24.6. The van der Waals surface area contributed by atoms with Gasteiger partial charge >= 0.3 is 5.97 Å². The zero-order chi connectivity index (χ0) is 57.1. The molecule has 6 heteroatoms. The Bertz CT molecular complexity index is 1280. The first-order valence-corrected chi connectivity index (χ1v) is 35.8. The van der Waals surface area contributed by atoms with Gasteiger partial charge in [-0.1, -0.05) is 352 Å². The highest BCUT2D eigenvalue weighted by molar-refractivity contribution is 5.76. The molecule has 0 rings (SSSR count). The summed E-state index contributed by atoms with van der Waals surface area (Å²) in [6.07, 6.45) is 87.9. The van der Waals surface area contributed by atoms with Gasteiger partial charge in [-0.05, 0) is 64.2 Å². The average Bonchev–Trinajstić information content (AvgIpc) is 3.45. The van der Waals surface area contributed by atoms with Crippen molar-refractivity contribution in [2.75, 3.05) is 13.2 Å². The second kappa shape index (κ2) is 68.6. The summed E-state index contributed by atoms with van der Waals surface area (Å²) in [5, 5.41) is 23.2. The van der Waals surface area contributed by atoms with E-state index < -0.39 is 12.1 Å². The number of hydrogen-bond acceptors (Lipinski definition) is 5. The highest BCUT2D eigenvalue weighted by Gasteiger charge is 2.18. The van der Waals surface area contributed by atoms with Gasteiger partial charge in [0.15, 0.2) is 0 Å². The van der Waals surface area contributed by atoms with Crippen LogP contribution >= 0.6 is 0 Å². The van der Waals surface area contributed by atoms with E-state index in [1.165, 1.54) is 315 Å². The molecule has 1 amide bonds. The van der Waals surface area contributed by atoms with Crippen molar-refractivity contribution in [3.63, 3.8) is 0 Å². The van der Waals surface area contributed by atoms with E-state index in [0.29, 0.717) is 19.4 Å². The van der Waals surface area contributed by atoms with E-state index >= 15 is 0 Å². The highest BCUT2D eigenvalue weighted by atomic mass is 16.5. The Balaban J connectivity index is 3.38. The van der Waals surface area contributed by atoms with Crippen molar-refractivity contribution < 1.29 is 24.5 Å². The summed E-state index contributed by atoms with van der Waals surface area (Å²) >= 11 is 0. The van der Waals surface area contributed by atoms with E-state index in [2.05, 4.69) is 43.5 Å². The first-order chi connectivity index (χ1) is 39.0. The van der Waals surface area contributed by atoms with Crippen molar-refractivity contribution in [3.8, 4) is 0 Å². The molecule has 0 aliphatic rings. The maximum absolute atomic E-state index is 12.5. The van der Waals surface area contributed by atoms with Crippen LogP contribution in [0.1, 0.15) is 393 Å². The molecule has 0 spiro atoms. The third-order valence-electron chi connectivity index (χ3n) is 16.7. The van der Waals surface area contributed by atoms with Crippen LogP contribution in [0.25, 0.3) is 0 Å². The lowest BCUT2D eigenvalue weighted by atomic mass is 10.0. The molecule has 0 saturated carbocycles. The molecule has 0 aromatic rings. The number of ether oxygens (including phenoxy) is 1. The standard InChI is InChI=1S/C73H139NO5/c1-3-5-7-9-11-13-15-17-19-21-22-31-34-37-41-45-49-53-57-61-65-71(76)70(69-75)74-72(77)66-62-58-54-50-46-42-38-35-32-29-27-25-23-24-26-28-30-33-36-40-44-48-52-56-60-64-68-79-73(78)67-63-59-55-51-47-43-39-20-18-16-14-12-10-8-6-4-2/h14,16,20,39,61,65,70-71,75-76H,3-13,15,17-19,21-38,40-60,62-64,66-69H2,1-2H3,(H,74,77)/b16-14-,39-20-,65-61+. The van der Waals surface area contributed by atoms with E-state index in [9.17, 15) is 19.8 Å². The number of carbonyl (C=O) groups is 2. The van der Waals surface area contributed by atoms with Crippen LogP contribution in [0.2, 0.25) is 0 Å². The molecule has 0 aliphatic carbocycles. The Hall–Kier alpha value is -1.92. The molecule has 2 atom stereocenters. The lowest BCUT2D eigenvalue weighted by molar-refractivity contribution is -0.143. The second-order valence-electron chi connectivity index (χ2n) is 24.6. The van der Waals surface area contributed by atoms with Gasteiger partial charge in [0.2, 0.25) is 5.91 Å². The zero-order valence-electron chi connectivity index (χ0n) is 53.4. The van der Waals surface area contributed by atoms with Gasteiger partial charge in [0.05, 0.1) is 25.4 Å². The molecule has 0 radical (unpaired) electrons. The molecule has 0 bridgehead atoms. The summed E-state index contributed by atoms with van der Waals surface area (Å²) in [6.45, 7) is 4.92. The van der Waals surface area contributed by atoms with Crippen molar-refractivity contribution in [1.82, 2.24) is 5.32 Å². The fraction of sp³-hybridized carbons (Fsp3) is 0.890. The second-order valence-corrected chi connectivity index (χ2v) is 24.6. The van der Waals surface area contributed by atoms with Crippen molar-refractivity contribution in [2.24, 2.45) is 0 Å². The predicted octanol–water partition coefficient (Wildman–Crippen LogP) is 23.1. The lowest BCUT2D eigenvalue weighted by Gasteiger charge is -2.20. The normalized spacial score (nSPS) is 12.7.